The van der Waals surface area contributed by atoms with Crippen LogP contribution in [0.15, 0.2) is 22.7 Å². The third-order valence-corrected chi connectivity index (χ3v) is 2.60. The lowest BCUT2D eigenvalue weighted by Crippen LogP contribution is -2.04. The molecule has 90 valence electrons. The maximum Gasteiger partial charge on any atom is 0.263 e. The number of hydrogen-bond acceptors (Lipinski definition) is 5. The van der Waals surface area contributed by atoms with Crippen molar-refractivity contribution < 1.29 is 4.74 Å². The Morgan fingerprint density at radius 3 is 3.06 bits per heavy atom. The van der Waals surface area contributed by atoms with Gasteiger partial charge in [-0.2, -0.15) is 5.21 Å². The van der Waals surface area contributed by atoms with Gasteiger partial charge in [0.15, 0.2) is 0 Å². The molecule has 0 bridgehead atoms. The summed E-state index contributed by atoms with van der Waals surface area (Å²) in [5.74, 6) is 1.32. The van der Waals surface area contributed by atoms with E-state index >= 15 is 0 Å². The highest BCUT2D eigenvalue weighted by Gasteiger charge is 2.05. The zero-order valence-electron chi connectivity index (χ0n) is 9.27. The van der Waals surface area contributed by atoms with Crippen LogP contribution in [0, 0.1) is 0 Å². The minimum atomic E-state index is 0.465. The average Bonchev–Trinajstić information content (AvgIpc) is 2.82. The first-order chi connectivity index (χ1) is 8.29. The van der Waals surface area contributed by atoms with Crippen LogP contribution in [0.25, 0.3) is 0 Å². The van der Waals surface area contributed by atoms with E-state index in [1.165, 1.54) is 0 Å². The van der Waals surface area contributed by atoms with Gasteiger partial charge in [-0.25, -0.2) is 0 Å². The van der Waals surface area contributed by atoms with E-state index in [0.717, 1.165) is 15.8 Å². The molecule has 7 heteroatoms. The van der Waals surface area contributed by atoms with Crippen LogP contribution in [0.3, 0.4) is 0 Å². The highest BCUT2D eigenvalue weighted by Crippen LogP contribution is 2.23. The first-order valence-electron chi connectivity index (χ1n) is 5.18. The summed E-state index contributed by atoms with van der Waals surface area (Å²) in [5.41, 5.74) is 1.03. The summed E-state index contributed by atoms with van der Waals surface area (Å²) < 4.78 is 6.54. The second kappa shape index (κ2) is 5.62. The lowest BCUT2D eigenvalue weighted by Gasteiger charge is -2.10. The van der Waals surface area contributed by atoms with Gasteiger partial charge in [0.1, 0.15) is 5.75 Å². The van der Waals surface area contributed by atoms with Crippen LogP contribution < -0.4 is 10.1 Å². The Balaban J connectivity index is 2.10. The Morgan fingerprint density at radius 1 is 1.47 bits per heavy atom. The van der Waals surface area contributed by atoms with Crippen molar-refractivity contribution in [1.82, 2.24) is 20.6 Å². The van der Waals surface area contributed by atoms with Crippen LogP contribution in [-0.2, 0) is 6.54 Å². The molecule has 0 atom stereocenters. The molecule has 2 aromatic rings. The predicted octanol–water partition coefficient (Wildman–Crippen LogP) is 1.97. The van der Waals surface area contributed by atoms with E-state index < -0.39 is 0 Å². The summed E-state index contributed by atoms with van der Waals surface area (Å²) in [7, 11) is 0. The quantitative estimate of drug-likeness (QED) is 0.882. The molecule has 17 heavy (non-hydrogen) atoms. The topological polar surface area (TPSA) is 75.7 Å². The zero-order valence-corrected chi connectivity index (χ0v) is 10.9. The van der Waals surface area contributed by atoms with Gasteiger partial charge < -0.3 is 10.1 Å². The molecule has 0 amide bonds. The van der Waals surface area contributed by atoms with Gasteiger partial charge in [0.2, 0.25) is 0 Å². The molecule has 1 aromatic carbocycles. The van der Waals surface area contributed by atoms with Crippen molar-refractivity contribution in [3.8, 4) is 5.75 Å². The number of tetrazole rings is 1. The summed E-state index contributed by atoms with van der Waals surface area (Å²) in [4.78, 5) is 0. The number of anilines is 1. The van der Waals surface area contributed by atoms with Gasteiger partial charge in [0.25, 0.3) is 5.95 Å². The number of nitrogens with zero attached hydrogens (tertiary/aromatic N) is 3. The van der Waals surface area contributed by atoms with E-state index in [4.69, 9.17) is 4.74 Å². The molecule has 0 unspecified atom stereocenters. The number of aromatic nitrogens is 4. The van der Waals surface area contributed by atoms with E-state index in [1.54, 1.807) is 0 Å². The van der Waals surface area contributed by atoms with Crippen LogP contribution in [0.2, 0.25) is 0 Å². The van der Waals surface area contributed by atoms with E-state index in [2.05, 4.69) is 41.9 Å². The van der Waals surface area contributed by atoms with Gasteiger partial charge in [-0.3, -0.25) is 0 Å². The van der Waals surface area contributed by atoms with Crippen molar-refractivity contribution in [3.05, 3.63) is 28.2 Å². The fourth-order valence-corrected chi connectivity index (χ4v) is 1.80. The zero-order chi connectivity index (χ0) is 12.1. The lowest BCUT2D eigenvalue weighted by atomic mass is 10.2. The molecule has 0 saturated carbocycles. The van der Waals surface area contributed by atoms with Crippen LogP contribution in [0.4, 0.5) is 5.95 Å². The minimum Gasteiger partial charge on any atom is -0.494 e. The highest BCUT2D eigenvalue weighted by molar-refractivity contribution is 9.10. The fourth-order valence-electron chi connectivity index (χ4n) is 1.39. The third-order valence-electron chi connectivity index (χ3n) is 2.10. The van der Waals surface area contributed by atoms with E-state index in [0.29, 0.717) is 19.1 Å². The first kappa shape index (κ1) is 11.8. The van der Waals surface area contributed by atoms with Gasteiger partial charge in [-0.15, -0.1) is 5.10 Å². The smallest absolute Gasteiger partial charge is 0.263 e. The molecule has 0 aliphatic heterocycles. The van der Waals surface area contributed by atoms with Crippen LogP contribution >= 0.6 is 15.9 Å². The molecule has 1 aromatic heterocycles. The number of ether oxygens (including phenoxy) is 1. The molecule has 1 heterocycles. The number of nitrogens with one attached hydrogen (secondary N) is 2. The van der Waals surface area contributed by atoms with Crippen LogP contribution in [-0.4, -0.2) is 27.2 Å². The Hall–Kier alpha value is -1.63. The summed E-state index contributed by atoms with van der Waals surface area (Å²) in [6, 6.07) is 5.88. The van der Waals surface area contributed by atoms with Crippen molar-refractivity contribution in [2.24, 2.45) is 0 Å². The molecule has 0 aliphatic rings. The number of hydrogen-bond donors (Lipinski definition) is 2. The predicted molar refractivity (Wildman–Crippen MR) is 66.8 cm³/mol. The SMILES string of the molecule is CCOc1ccc(Br)cc1CNc1nn[nH]n1. The Morgan fingerprint density at radius 2 is 2.35 bits per heavy atom. The second-order valence-corrected chi connectivity index (χ2v) is 4.19. The van der Waals surface area contributed by atoms with Crippen molar-refractivity contribution in [2.75, 3.05) is 11.9 Å². The molecule has 0 spiro atoms. The maximum absolute atomic E-state index is 5.54. The number of rotatable bonds is 5. The third kappa shape index (κ3) is 3.16. The molecule has 0 radical (unpaired) electrons. The lowest BCUT2D eigenvalue weighted by molar-refractivity contribution is 0.337. The number of halogens is 1. The van der Waals surface area contributed by atoms with E-state index in [1.807, 2.05) is 25.1 Å². The monoisotopic (exact) mass is 297 g/mol. The molecule has 6 nitrogen and oxygen atoms in total. The summed E-state index contributed by atoms with van der Waals surface area (Å²) in [5, 5.41) is 16.5. The summed E-state index contributed by atoms with van der Waals surface area (Å²) >= 11 is 3.43. The van der Waals surface area contributed by atoms with Crippen molar-refractivity contribution in [1.29, 1.82) is 0 Å². The molecular weight excluding hydrogens is 286 g/mol. The fraction of sp³-hybridized carbons (Fsp3) is 0.300. The average molecular weight is 298 g/mol. The molecular formula is C10H12BrN5O. The number of H-pyrrole nitrogens is 1. The highest BCUT2D eigenvalue weighted by atomic mass is 79.9. The molecule has 0 fully saturated rings. The van der Waals surface area contributed by atoms with Gasteiger partial charge >= 0.3 is 0 Å². The number of benzene rings is 1. The maximum atomic E-state index is 5.54. The Kier molecular flexibility index (Phi) is 3.92. The van der Waals surface area contributed by atoms with E-state index in [9.17, 15) is 0 Å². The molecule has 0 aliphatic carbocycles. The van der Waals surface area contributed by atoms with Gasteiger partial charge in [-0.1, -0.05) is 21.0 Å². The molecule has 2 rings (SSSR count). The summed E-state index contributed by atoms with van der Waals surface area (Å²) in [6.07, 6.45) is 0. The largest absolute Gasteiger partial charge is 0.494 e. The van der Waals surface area contributed by atoms with E-state index in [-0.39, 0.29) is 0 Å². The van der Waals surface area contributed by atoms with Gasteiger partial charge in [0.05, 0.1) is 6.61 Å². The summed E-state index contributed by atoms with van der Waals surface area (Å²) in [6.45, 7) is 3.17. The standard InChI is InChI=1S/C10H12BrN5O/c1-2-17-9-4-3-8(11)5-7(9)6-12-10-13-15-16-14-10/h3-5H,2,6H2,1H3,(H2,12,13,14,15,16). The van der Waals surface area contributed by atoms with Crippen LogP contribution in [0.1, 0.15) is 12.5 Å². The van der Waals surface area contributed by atoms with Crippen LogP contribution in [0.5, 0.6) is 5.75 Å². The molecule has 2 N–H and O–H groups in total. The van der Waals surface area contributed by atoms with Crippen molar-refractivity contribution >= 4 is 21.9 Å². The number of aromatic amines is 1. The second-order valence-electron chi connectivity index (χ2n) is 3.27. The van der Waals surface area contributed by atoms with Crippen molar-refractivity contribution in [2.45, 2.75) is 13.5 Å². The Bertz CT molecular complexity index is 474. The van der Waals surface area contributed by atoms with Crippen molar-refractivity contribution in [3.63, 3.8) is 0 Å². The normalized spacial score (nSPS) is 10.2. The Labute approximate surface area is 107 Å². The molecule has 0 saturated heterocycles. The first-order valence-corrected chi connectivity index (χ1v) is 5.97. The minimum absolute atomic E-state index is 0.465. The van der Waals surface area contributed by atoms with Gasteiger partial charge in [-0.05, 0) is 30.3 Å². The van der Waals surface area contributed by atoms with Gasteiger partial charge in [0, 0.05) is 16.6 Å².